The largest absolute Gasteiger partial charge is 0.453 e. The molecule has 1 aromatic heterocycles. The van der Waals surface area contributed by atoms with Crippen molar-refractivity contribution in [3.05, 3.63) is 41.7 Å². The van der Waals surface area contributed by atoms with Gasteiger partial charge in [-0.05, 0) is 25.6 Å². The Bertz CT molecular complexity index is 451. The highest BCUT2D eigenvalue weighted by Crippen LogP contribution is 2.27. The van der Waals surface area contributed by atoms with Gasteiger partial charge in [0.15, 0.2) is 5.75 Å². The van der Waals surface area contributed by atoms with E-state index in [4.69, 9.17) is 10.5 Å². The minimum atomic E-state index is 0.565. The van der Waals surface area contributed by atoms with Crippen LogP contribution in [0.4, 0.5) is 0 Å². The third kappa shape index (κ3) is 2.23. The highest BCUT2D eigenvalue weighted by molar-refractivity contribution is 5.37. The van der Waals surface area contributed by atoms with Crippen LogP contribution >= 0.6 is 0 Å². The molecule has 0 aliphatic rings. The molecule has 0 radical (unpaired) electrons. The quantitative estimate of drug-likeness (QED) is 0.823. The molecule has 1 heterocycles. The maximum Gasteiger partial charge on any atom is 0.171 e. The van der Waals surface area contributed by atoms with E-state index in [9.17, 15) is 0 Å². The second-order valence-corrected chi connectivity index (χ2v) is 3.58. The molecule has 0 aliphatic heterocycles. The number of nitrogens with zero attached hydrogens (tertiary/aromatic N) is 1. The zero-order valence-corrected chi connectivity index (χ0v) is 9.23. The number of aromatic amines is 1. The second kappa shape index (κ2) is 4.81. The summed E-state index contributed by atoms with van der Waals surface area (Å²) in [5, 5.41) is 7.08. The molecule has 0 amide bonds. The van der Waals surface area contributed by atoms with Crippen molar-refractivity contribution in [1.82, 2.24) is 10.2 Å². The second-order valence-electron chi connectivity index (χ2n) is 3.58. The van der Waals surface area contributed by atoms with E-state index in [2.05, 4.69) is 10.2 Å². The molecule has 0 bridgehead atoms. The van der Waals surface area contributed by atoms with Crippen LogP contribution in [0.1, 0.15) is 11.4 Å². The summed E-state index contributed by atoms with van der Waals surface area (Å²) < 4.78 is 5.78. The summed E-state index contributed by atoms with van der Waals surface area (Å²) >= 11 is 0. The fraction of sp³-hybridized carbons (Fsp3) is 0.250. The molecule has 84 valence electrons. The summed E-state index contributed by atoms with van der Waals surface area (Å²) in [6.45, 7) is 2.50. The Morgan fingerprint density at radius 1 is 1.31 bits per heavy atom. The molecular weight excluding hydrogens is 202 g/mol. The van der Waals surface area contributed by atoms with Gasteiger partial charge in [-0.3, -0.25) is 5.10 Å². The van der Waals surface area contributed by atoms with Gasteiger partial charge in [0.25, 0.3) is 0 Å². The van der Waals surface area contributed by atoms with Crippen LogP contribution in [0.5, 0.6) is 11.5 Å². The highest BCUT2D eigenvalue weighted by Gasteiger charge is 2.11. The minimum absolute atomic E-state index is 0.565. The zero-order chi connectivity index (χ0) is 11.4. The van der Waals surface area contributed by atoms with E-state index in [-0.39, 0.29) is 0 Å². The Balaban J connectivity index is 2.23. The summed E-state index contributed by atoms with van der Waals surface area (Å²) in [6, 6.07) is 9.66. The number of para-hydroxylation sites is 1. The number of aryl methyl sites for hydroxylation is 1. The van der Waals surface area contributed by atoms with Crippen molar-refractivity contribution in [2.45, 2.75) is 13.3 Å². The van der Waals surface area contributed by atoms with Gasteiger partial charge in [-0.1, -0.05) is 18.2 Å². The summed E-state index contributed by atoms with van der Waals surface area (Å²) in [7, 11) is 0. The molecule has 0 aliphatic carbocycles. The van der Waals surface area contributed by atoms with Crippen molar-refractivity contribution < 1.29 is 4.74 Å². The Kier molecular flexibility index (Phi) is 3.22. The molecule has 0 saturated carbocycles. The Morgan fingerprint density at radius 3 is 2.75 bits per heavy atom. The smallest absolute Gasteiger partial charge is 0.171 e. The van der Waals surface area contributed by atoms with Crippen molar-refractivity contribution in [1.29, 1.82) is 0 Å². The first-order valence-electron chi connectivity index (χ1n) is 5.28. The third-order valence-electron chi connectivity index (χ3n) is 2.31. The number of benzene rings is 1. The standard InChI is InChI=1S/C12H15N3O/c1-9-12(11(7-8-13)15-14-9)16-10-5-3-2-4-6-10/h2-6H,7-8,13H2,1H3,(H,14,15). The Hall–Kier alpha value is -1.81. The van der Waals surface area contributed by atoms with Crippen LogP contribution in [0.25, 0.3) is 0 Å². The molecule has 16 heavy (non-hydrogen) atoms. The first-order chi connectivity index (χ1) is 7.81. The van der Waals surface area contributed by atoms with Crippen LogP contribution in [0.3, 0.4) is 0 Å². The predicted octanol–water partition coefficient (Wildman–Crippen LogP) is 2.01. The van der Waals surface area contributed by atoms with Crippen molar-refractivity contribution in [3.63, 3.8) is 0 Å². The highest BCUT2D eigenvalue weighted by atomic mass is 16.5. The van der Waals surface area contributed by atoms with Crippen LogP contribution in [-0.2, 0) is 6.42 Å². The third-order valence-corrected chi connectivity index (χ3v) is 2.31. The van der Waals surface area contributed by atoms with E-state index < -0.39 is 0 Å². The molecular formula is C12H15N3O. The fourth-order valence-electron chi connectivity index (χ4n) is 1.52. The molecule has 0 fully saturated rings. The monoisotopic (exact) mass is 217 g/mol. The van der Waals surface area contributed by atoms with E-state index in [1.54, 1.807) is 0 Å². The molecule has 2 rings (SSSR count). The lowest BCUT2D eigenvalue weighted by molar-refractivity contribution is 0.473. The van der Waals surface area contributed by atoms with Crippen LogP contribution in [0, 0.1) is 6.92 Å². The van der Waals surface area contributed by atoms with Crippen molar-refractivity contribution >= 4 is 0 Å². The number of hydrogen-bond acceptors (Lipinski definition) is 3. The molecule has 0 atom stereocenters. The maximum absolute atomic E-state index is 5.78. The fourth-order valence-corrected chi connectivity index (χ4v) is 1.52. The van der Waals surface area contributed by atoms with Gasteiger partial charge >= 0.3 is 0 Å². The van der Waals surface area contributed by atoms with Gasteiger partial charge in [0.2, 0.25) is 0 Å². The van der Waals surface area contributed by atoms with Crippen molar-refractivity contribution in [2.24, 2.45) is 5.73 Å². The normalized spacial score (nSPS) is 10.4. The van der Waals surface area contributed by atoms with Gasteiger partial charge in [-0.15, -0.1) is 0 Å². The van der Waals surface area contributed by atoms with E-state index in [1.807, 2.05) is 37.3 Å². The van der Waals surface area contributed by atoms with E-state index >= 15 is 0 Å². The van der Waals surface area contributed by atoms with E-state index in [0.717, 1.165) is 22.9 Å². The van der Waals surface area contributed by atoms with E-state index in [1.165, 1.54) is 0 Å². The van der Waals surface area contributed by atoms with Gasteiger partial charge in [0.1, 0.15) is 11.4 Å². The number of aromatic nitrogens is 2. The topological polar surface area (TPSA) is 63.9 Å². The lowest BCUT2D eigenvalue weighted by atomic mass is 10.2. The summed E-state index contributed by atoms with van der Waals surface area (Å²) in [5.74, 6) is 1.60. The molecule has 4 heteroatoms. The van der Waals surface area contributed by atoms with Gasteiger partial charge in [0.05, 0.1) is 5.69 Å². The average molecular weight is 217 g/mol. The summed E-state index contributed by atoms with van der Waals surface area (Å²) in [5.41, 5.74) is 7.32. The number of H-pyrrole nitrogens is 1. The van der Waals surface area contributed by atoms with Crippen LogP contribution < -0.4 is 10.5 Å². The molecule has 0 spiro atoms. The van der Waals surface area contributed by atoms with Gasteiger partial charge in [0, 0.05) is 6.42 Å². The number of nitrogens with one attached hydrogen (secondary N) is 1. The predicted molar refractivity (Wildman–Crippen MR) is 62.6 cm³/mol. The minimum Gasteiger partial charge on any atom is -0.453 e. The van der Waals surface area contributed by atoms with Gasteiger partial charge in [-0.25, -0.2) is 0 Å². The molecule has 0 saturated heterocycles. The summed E-state index contributed by atoms with van der Waals surface area (Å²) in [6.07, 6.45) is 0.715. The number of rotatable bonds is 4. The number of ether oxygens (including phenoxy) is 1. The molecule has 3 N–H and O–H groups in total. The van der Waals surface area contributed by atoms with Crippen LogP contribution in [-0.4, -0.2) is 16.7 Å². The van der Waals surface area contributed by atoms with E-state index in [0.29, 0.717) is 13.0 Å². The first-order valence-corrected chi connectivity index (χ1v) is 5.28. The maximum atomic E-state index is 5.78. The Labute approximate surface area is 94.4 Å². The summed E-state index contributed by atoms with van der Waals surface area (Å²) in [4.78, 5) is 0. The van der Waals surface area contributed by atoms with Crippen LogP contribution in [0.15, 0.2) is 30.3 Å². The number of nitrogens with two attached hydrogens (primary N) is 1. The van der Waals surface area contributed by atoms with Gasteiger partial charge in [-0.2, -0.15) is 5.10 Å². The molecule has 4 nitrogen and oxygen atoms in total. The Morgan fingerprint density at radius 2 is 2.06 bits per heavy atom. The lowest BCUT2D eigenvalue weighted by Gasteiger charge is -2.06. The zero-order valence-electron chi connectivity index (χ0n) is 9.23. The van der Waals surface area contributed by atoms with Crippen molar-refractivity contribution in [3.8, 4) is 11.5 Å². The van der Waals surface area contributed by atoms with Crippen LogP contribution in [0.2, 0.25) is 0 Å². The molecule has 2 aromatic rings. The van der Waals surface area contributed by atoms with Gasteiger partial charge < -0.3 is 10.5 Å². The molecule has 0 unspecified atom stereocenters. The van der Waals surface area contributed by atoms with Crippen molar-refractivity contribution in [2.75, 3.05) is 6.54 Å². The number of hydrogen-bond donors (Lipinski definition) is 2. The first kappa shape index (κ1) is 10.7. The lowest BCUT2D eigenvalue weighted by Crippen LogP contribution is -2.04. The SMILES string of the molecule is Cc1[nH]nc(CCN)c1Oc1ccccc1. The molecule has 1 aromatic carbocycles. The average Bonchev–Trinajstić information content (AvgIpc) is 2.64.